The van der Waals surface area contributed by atoms with Gasteiger partial charge in [0, 0.05) is 19.2 Å². The van der Waals surface area contributed by atoms with Gasteiger partial charge in [-0.15, -0.1) is 0 Å². The monoisotopic (exact) mass is 361 g/mol. The highest BCUT2D eigenvalue weighted by molar-refractivity contribution is 5.93. The van der Waals surface area contributed by atoms with Gasteiger partial charge in [-0.3, -0.25) is 9.48 Å². The summed E-state index contributed by atoms with van der Waals surface area (Å²) < 4.78 is 45.1. The normalized spacial score (nSPS) is 19.2. The van der Waals surface area contributed by atoms with E-state index in [1.165, 1.54) is 9.58 Å². The number of carboxylic acids is 1. The Labute approximate surface area is 141 Å². The molecule has 1 N–H and O–H groups in total. The molecule has 1 amide bonds. The van der Waals surface area contributed by atoms with Crippen molar-refractivity contribution in [3.63, 3.8) is 0 Å². The number of nitrogens with zero attached hydrogens (tertiary/aromatic N) is 3. The summed E-state index contributed by atoms with van der Waals surface area (Å²) in [5.74, 6) is -1.54. The first-order valence-corrected chi connectivity index (χ1v) is 8.05. The SMILES string of the molecule is O=C(O)COC1CCN(C(=O)c2cc(C(F)(F)F)nn2C2CC2)CC1. The Balaban J connectivity index is 1.67. The van der Waals surface area contributed by atoms with Crippen molar-refractivity contribution >= 4 is 11.9 Å². The number of piperidine rings is 1. The lowest BCUT2D eigenvalue weighted by Crippen LogP contribution is -2.42. The predicted octanol–water partition coefficient (Wildman–Crippen LogP) is 1.94. The van der Waals surface area contributed by atoms with Gasteiger partial charge in [0.2, 0.25) is 0 Å². The number of ether oxygens (including phenoxy) is 1. The summed E-state index contributed by atoms with van der Waals surface area (Å²) in [4.78, 5) is 24.6. The number of carbonyl (C=O) groups excluding carboxylic acids is 1. The summed E-state index contributed by atoms with van der Waals surface area (Å²) in [5, 5.41) is 12.2. The Morgan fingerprint density at radius 1 is 1.24 bits per heavy atom. The molecule has 1 aromatic heterocycles. The van der Waals surface area contributed by atoms with E-state index in [2.05, 4.69) is 5.10 Å². The largest absolute Gasteiger partial charge is 0.480 e. The molecule has 1 saturated carbocycles. The summed E-state index contributed by atoms with van der Waals surface area (Å²) >= 11 is 0. The van der Waals surface area contributed by atoms with E-state index in [4.69, 9.17) is 9.84 Å². The number of hydrogen-bond donors (Lipinski definition) is 1. The van der Waals surface area contributed by atoms with E-state index >= 15 is 0 Å². The van der Waals surface area contributed by atoms with Gasteiger partial charge in [-0.1, -0.05) is 0 Å². The quantitative estimate of drug-likeness (QED) is 0.866. The molecule has 1 aliphatic carbocycles. The van der Waals surface area contributed by atoms with Gasteiger partial charge in [0.1, 0.15) is 12.3 Å². The van der Waals surface area contributed by atoms with Crippen molar-refractivity contribution in [2.45, 2.75) is 44.0 Å². The van der Waals surface area contributed by atoms with E-state index in [-0.39, 0.29) is 17.8 Å². The summed E-state index contributed by atoms with van der Waals surface area (Å²) in [7, 11) is 0. The molecule has 0 radical (unpaired) electrons. The lowest BCUT2D eigenvalue weighted by molar-refractivity contribution is -0.145. The van der Waals surface area contributed by atoms with Crippen LogP contribution in [-0.4, -0.2) is 57.5 Å². The standard InChI is InChI=1S/C15H18F3N3O4/c16-15(17,18)12-7-11(21(19-12)9-1-2-9)14(24)20-5-3-10(4-6-20)25-8-13(22)23/h7,9-10H,1-6,8H2,(H,22,23). The Morgan fingerprint density at radius 2 is 1.88 bits per heavy atom. The predicted molar refractivity (Wildman–Crippen MR) is 78.0 cm³/mol. The average molecular weight is 361 g/mol. The summed E-state index contributed by atoms with van der Waals surface area (Å²) in [6.45, 7) is 0.211. The van der Waals surface area contributed by atoms with Crippen molar-refractivity contribution in [1.29, 1.82) is 0 Å². The molecule has 10 heteroatoms. The van der Waals surface area contributed by atoms with Gasteiger partial charge in [-0.25, -0.2) is 4.79 Å². The third-order valence-corrected chi connectivity index (χ3v) is 4.31. The second-order valence-electron chi connectivity index (χ2n) is 6.28. The Morgan fingerprint density at radius 3 is 2.40 bits per heavy atom. The second kappa shape index (κ2) is 6.66. The first-order chi connectivity index (χ1) is 11.8. The molecular weight excluding hydrogens is 343 g/mol. The molecule has 3 rings (SSSR count). The number of aliphatic carboxylic acids is 1. The van der Waals surface area contributed by atoms with E-state index in [0.717, 1.165) is 6.07 Å². The van der Waals surface area contributed by atoms with Crippen LogP contribution in [0, 0.1) is 0 Å². The highest BCUT2D eigenvalue weighted by Crippen LogP contribution is 2.38. The molecule has 0 unspecified atom stereocenters. The molecule has 138 valence electrons. The van der Waals surface area contributed by atoms with Crippen LogP contribution in [0.25, 0.3) is 0 Å². The van der Waals surface area contributed by atoms with E-state index in [9.17, 15) is 22.8 Å². The number of rotatable bonds is 5. The Hall–Kier alpha value is -2.10. The number of alkyl halides is 3. The number of carboxylic acid groups (broad SMARTS) is 1. The third kappa shape index (κ3) is 4.12. The lowest BCUT2D eigenvalue weighted by atomic mass is 10.1. The minimum Gasteiger partial charge on any atom is -0.480 e. The Kier molecular flexibility index (Phi) is 4.72. The van der Waals surface area contributed by atoms with Crippen molar-refractivity contribution in [3.05, 3.63) is 17.5 Å². The van der Waals surface area contributed by atoms with Crippen LogP contribution >= 0.6 is 0 Å². The zero-order valence-corrected chi connectivity index (χ0v) is 13.3. The molecule has 0 spiro atoms. The minimum absolute atomic E-state index is 0.0419. The maximum atomic E-state index is 12.9. The number of carbonyl (C=O) groups is 2. The van der Waals surface area contributed by atoms with Crippen LogP contribution in [0.1, 0.15) is 47.9 Å². The van der Waals surface area contributed by atoms with E-state index < -0.39 is 30.4 Å². The summed E-state index contributed by atoms with van der Waals surface area (Å²) in [6.07, 6.45) is -2.54. The van der Waals surface area contributed by atoms with Crippen molar-refractivity contribution in [3.8, 4) is 0 Å². The van der Waals surface area contributed by atoms with Crippen LogP contribution in [0.15, 0.2) is 6.07 Å². The van der Waals surface area contributed by atoms with Crippen LogP contribution in [0.3, 0.4) is 0 Å². The third-order valence-electron chi connectivity index (χ3n) is 4.31. The number of amides is 1. The number of halogens is 3. The smallest absolute Gasteiger partial charge is 0.435 e. The van der Waals surface area contributed by atoms with Gasteiger partial charge in [0.15, 0.2) is 5.69 Å². The number of hydrogen-bond acceptors (Lipinski definition) is 4. The van der Waals surface area contributed by atoms with Gasteiger partial charge in [0.25, 0.3) is 5.91 Å². The molecule has 1 saturated heterocycles. The zero-order chi connectivity index (χ0) is 18.2. The van der Waals surface area contributed by atoms with Gasteiger partial charge < -0.3 is 14.7 Å². The first kappa shape index (κ1) is 17.7. The number of likely N-dealkylation sites (tertiary alicyclic amines) is 1. The molecular formula is C15H18F3N3O4. The van der Waals surface area contributed by atoms with Crippen molar-refractivity contribution in [1.82, 2.24) is 14.7 Å². The highest BCUT2D eigenvalue weighted by atomic mass is 19.4. The molecule has 0 atom stereocenters. The van der Waals surface area contributed by atoms with Gasteiger partial charge >= 0.3 is 12.1 Å². The van der Waals surface area contributed by atoms with Crippen molar-refractivity contribution < 1.29 is 32.6 Å². The molecule has 2 fully saturated rings. The second-order valence-corrected chi connectivity index (χ2v) is 6.28. The molecule has 0 bridgehead atoms. The maximum Gasteiger partial charge on any atom is 0.435 e. The zero-order valence-electron chi connectivity index (χ0n) is 13.3. The molecule has 2 heterocycles. The molecule has 25 heavy (non-hydrogen) atoms. The van der Waals surface area contributed by atoms with Crippen molar-refractivity contribution in [2.24, 2.45) is 0 Å². The molecule has 2 aliphatic rings. The maximum absolute atomic E-state index is 12.9. The Bertz CT molecular complexity index is 661. The minimum atomic E-state index is -4.59. The first-order valence-electron chi connectivity index (χ1n) is 8.05. The van der Waals surface area contributed by atoms with Crippen LogP contribution in [0.2, 0.25) is 0 Å². The molecule has 7 nitrogen and oxygen atoms in total. The fraction of sp³-hybridized carbons (Fsp3) is 0.667. The van der Waals surface area contributed by atoms with E-state index in [1.54, 1.807) is 0 Å². The summed E-state index contributed by atoms with van der Waals surface area (Å²) in [5.41, 5.74) is -1.10. The van der Waals surface area contributed by atoms with E-state index in [1.807, 2.05) is 0 Å². The van der Waals surface area contributed by atoms with Crippen molar-refractivity contribution in [2.75, 3.05) is 19.7 Å². The van der Waals surface area contributed by atoms with E-state index in [0.29, 0.717) is 38.8 Å². The van der Waals surface area contributed by atoms with Crippen LogP contribution < -0.4 is 0 Å². The van der Waals surface area contributed by atoms with Crippen LogP contribution in [0.4, 0.5) is 13.2 Å². The fourth-order valence-corrected chi connectivity index (χ4v) is 2.87. The molecule has 0 aromatic carbocycles. The molecule has 1 aromatic rings. The summed E-state index contributed by atoms with van der Waals surface area (Å²) in [6, 6.07) is 0.666. The topological polar surface area (TPSA) is 84.7 Å². The molecule has 1 aliphatic heterocycles. The average Bonchev–Trinajstić information content (AvgIpc) is 3.29. The highest BCUT2D eigenvalue weighted by Gasteiger charge is 2.39. The van der Waals surface area contributed by atoms with Gasteiger partial charge in [-0.05, 0) is 25.7 Å². The van der Waals surface area contributed by atoms with Gasteiger partial charge in [0.05, 0.1) is 12.1 Å². The number of aromatic nitrogens is 2. The van der Waals surface area contributed by atoms with Crippen LogP contribution in [-0.2, 0) is 15.7 Å². The fourth-order valence-electron chi connectivity index (χ4n) is 2.87. The van der Waals surface area contributed by atoms with Gasteiger partial charge in [-0.2, -0.15) is 18.3 Å². The lowest BCUT2D eigenvalue weighted by Gasteiger charge is -2.31. The van der Waals surface area contributed by atoms with Crippen LogP contribution in [0.5, 0.6) is 0 Å².